The molecule has 2 aliphatic rings. The van der Waals surface area contributed by atoms with Crippen LogP contribution in [0.1, 0.15) is 50.6 Å². The molecule has 0 aromatic heterocycles. The van der Waals surface area contributed by atoms with E-state index in [0.29, 0.717) is 18.1 Å². The Hall–Kier alpha value is -0.580. The van der Waals surface area contributed by atoms with E-state index in [1.165, 1.54) is 24.2 Å². The molecule has 2 N–H and O–H groups in total. The van der Waals surface area contributed by atoms with Crippen LogP contribution in [0, 0.1) is 5.82 Å². The van der Waals surface area contributed by atoms with Gasteiger partial charge in [-0.05, 0) is 68.7 Å². The highest BCUT2D eigenvalue weighted by Gasteiger charge is 2.24. The zero-order chi connectivity index (χ0) is 14.7. The Kier molecular flexibility index (Phi) is 5.19. The maximum atomic E-state index is 13.5. The number of hydrogen-bond acceptors (Lipinski definition) is 3. The Bertz CT molecular complexity index is 474. The average molecular weight is 308 g/mol. The van der Waals surface area contributed by atoms with E-state index >= 15 is 0 Å². The first kappa shape index (κ1) is 15.3. The first-order chi connectivity index (χ1) is 10.2. The molecule has 0 saturated carbocycles. The van der Waals surface area contributed by atoms with Crippen LogP contribution in [0.3, 0.4) is 0 Å². The molecule has 0 aliphatic carbocycles. The van der Waals surface area contributed by atoms with E-state index in [4.69, 9.17) is 0 Å². The van der Waals surface area contributed by atoms with Gasteiger partial charge in [-0.1, -0.05) is 6.42 Å². The van der Waals surface area contributed by atoms with E-state index in [-0.39, 0.29) is 5.82 Å². The smallest absolute Gasteiger partial charge is 0.123 e. The van der Waals surface area contributed by atoms with Gasteiger partial charge in [0.05, 0.1) is 0 Å². The van der Waals surface area contributed by atoms with Gasteiger partial charge in [0.15, 0.2) is 0 Å². The zero-order valence-corrected chi connectivity index (χ0v) is 13.5. The second-order valence-corrected chi connectivity index (χ2v) is 7.46. The Morgan fingerprint density at radius 1 is 1.38 bits per heavy atom. The van der Waals surface area contributed by atoms with Crippen molar-refractivity contribution >= 4 is 11.8 Å². The van der Waals surface area contributed by atoms with Crippen molar-refractivity contribution in [1.82, 2.24) is 10.6 Å². The fraction of sp³-hybridized carbons (Fsp3) is 0.647. The fourth-order valence-corrected chi connectivity index (χ4v) is 4.61. The normalized spacial score (nSPS) is 27.1. The second-order valence-electron chi connectivity index (χ2n) is 6.32. The molecule has 21 heavy (non-hydrogen) atoms. The Morgan fingerprint density at radius 3 is 3.10 bits per heavy atom. The van der Waals surface area contributed by atoms with Crippen LogP contribution in [0.2, 0.25) is 0 Å². The molecule has 0 amide bonds. The maximum Gasteiger partial charge on any atom is 0.123 e. The lowest BCUT2D eigenvalue weighted by atomic mass is 9.97. The molecular formula is C17H25FN2S. The summed E-state index contributed by atoms with van der Waals surface area (Å²) in [4.78, 5) is 1.24. The summed E-state index contributed by atoms with van der Waals surface area (Å²) in [6.07, 6.45) is 6.19. The van der Waals surface area contributed by atoms with Gasteiger partial charge in [-0.2, -0.15) is 0 Å². The molecule has 3 atom stereocenters. The van der Waals surface area contributed by atoms with E-state index in [1.807, 2.05) is 17.8 Å². The third kappa shape index (κ3) is 3.99. The van der Waals surface area contributed by atoms with Crippen LogP contribution in [-0.4, -0.2) is 24.4 Å². The van der Waals surface area contributed by atoms with Crippen LogP contribution in [0.15, 0.2) is 23.1 Å². The first-order valence-corrected chi connectivity index (χ1v) is 9.12. The summed E-state index contributed by atoms with van der Waals surface area (Å²) in [7, 11) is 0. The van der Waals surface area contributed by atoms with Gasteiger partial charge < -0.3 is 10.6 Å². The summed E-state index contributed by atoms with van der Waals surface area (Å²) in [6, 6.07) is 6.62. The van der Waals surface area contributed by atoms with Crippen molar-refractivity contribution in [3.8, 4) is 0 Å². The van der Waals surface area contributed by atoms with Crippen molar-refractivity contribution in [3.63, 3.8) is 0 Å². The van der Waals surface area contributed by atoms with Crippen LogP contribution in [-0.2, 0) is 0 Å². The third-order valence-corrected chi connectivity index (χ3v) is 5.67. The Morgan fingerprint density at radius 2 is 2.29 bits per heavy atom. The lowest BCUT2D eigenvalue weighted by molar-refractivity contribution is 0.326. The van der Waals surface area contributed by atoms with Gasteiger partial charge in [0.2, 0.25) is 0 Å². The summed E-state index contributed by atoms with van der Waals surface area (Å²) in [5.41, 5.74) is 1.15. The van der Waals surface area contributed by atoms with Crippen molar-refractivity contribution in [2.45, 2.75) is 62.0 Å². The lowest BCUT2D eigenvalue weighted by Crippen LogP contribution is -2.41. The van der Waals surface area contributed by atoms with Gasteiger partial charge in [0, 0.05) is 23.0 Å². The lowest BCUT2D eigenvalue weighted by Gasteiger charge is -2.32. The quantitative estimate of drug-likeness (QED) is 0.883. The summed E-state index contributed by atoms with van der Waals surface area (Å²) >= 11 is 1.84. The van der Waals surface area contributed by atoms with Crippen LogP contribution >= 0.6 is 11.8 Å². The van der Waals surface area contributed by atoms with Crippen LogP contribution in [0.5, 0.6) is 0 Å². The van der Waals surface area contributed by atoms with Gasteiger partial charge in [0.25, 0.3) is 0 Å². The largest absolute Gasteiger partial charge is 0.314 e. The predicted octanol–water partition coefficient (Wildman–Crippen LogP) is 3.87. The minimum atomic E-state index is -0.121. The molecule has 1 saturated heterocycles. The summed E-state index contributed by atoms with van der Waals surface area (Å²) < 4.78 is 13.5. The van der Waals surface area contributed by atoms with Crippen LogP contribution < -0.4 is 10.6 Å². The summed E-state index contributed by atoms with van der Waals surface area (Å²) in [5, 5.41) is 7.34. The fourth-order valence-electron chi connectivity index (χ4n) is 3.50. The number of hydrogen-bond donors (Lipinski definition) is 2. The Balaban J connectivity index is 1.61. The molecule has 2 aliphatic heterocycles. The minimum absolute atomic E-state index is 0.121. The van der Waals surface area contributed by atoms with Crippen molar-refractivity contribution in [1.29, 1.82) is 0 Å². The SMILES string of the molecule is CC(CC1CCCCN1)NC1CCSc2ccc(F)cc21. The van der Waals surface area contributed by atoms with E-state index in [1.54, 1.807) is 12.1 Å². The van der Waals surface area contributed by atoms with Crippen LogP contribution in [0.25, 0.3) is 0 Å². The highest BCUT2D eigenvalue weighted by molar-refractivity contribution is 7.99. The molecule has 2 nitrogen and oxygen atoms in total. The van der Waals surface area contributed by atoms with Crippen molar-refractivity contribution in [3.05, 3.63) is 29.6 Å². The van der Waals surface area contributed by atoms with Gasteiger partial charge in [-0.15, -0.1) is 11.8 Å². The predicted molar refractivity (Wildman–Crippen MR) is 87.3 cm³/mol. The molecule has 3 unspecified atom stereocenters. The van der Waals surface area contributed by atoms with Gasteiger partial charge in [-0.3, -0.25) is 0 Å². The molecular weight excluding hydrogens is 283 g/mol. The Labute approximate surface area is 131 Å². The first-order valence-electron chi connectivity index (χ1n) is 8.14. The zero-order valence-electron chi connectivity index (χ0n) is 12.7. The summed E-state index contributed by atoms with van der Waals surface area (Å²) in [6.45, 7) is 3.42. The third-order valence-electron chi connectivity index (χ3n) is 4.55. The molecule has 1 fully saturated rings. The molecule has 0 radical (unpaired) electrons. The standard InChI is InChI=1S/C17H25FN2S/c1-12(10-14-4-2-3-8-19-14)20-16-7-9-21-17-6-5-13(18)11-15(16)17/h5-6,11-12,14,16,19-20H,2-4,7-10H2,1H3. The van der Waals surface area contributed by atoms with Gasteiger partial charge >= 0.3 is 0 Å². The van der Waals surface area contributed by atoms with Crippen molar-refractivity contribution < 1.29 is 4.39 Å². The van der Waals surface area contributed by atoms with E-state index < -0.39 is 0 Å². The van der Waals surface area contributed by atoms with E-state index in [0.717, 1.165) is 30.7 Å². The monoisotopic (exact) mass is 308 g/mol. The second kappa shape index (κ2) is 7.12. The summed E-state index contributed by atoms with van der Waals surface area (Å²) in [5.74, 6) is 0.995. The molecule has 116 valence electrons. The number of rotatable bonds is 4. The number of fused-ring (bicyclic) bond motifs is 1. The highest BCUT2D eigenvalue weighted by atomic mass is 32.2. The number of halogens is 1. The topological polar surface area (TPSA) is 24.1 Å². The molecule has 1 aromatic rings. The van der Waals surface area contributed by atoms with Gasteiger partial charge in [0.1, 0.15) is 5.82 Å². The molecule has 0 bridgehead atoms. The molecule has 4 heteroatoms. The van der Waals surface area contributed by atoms with E-state index in [9.17, 15) is 4.39 Å². The molecule has 2 heterocycles. The number of nitrogens with one attached hydrogen (secondary N) is 2. The highest BCUT2D eigenvalue weighted by Crippen LogP contribution is 2.36. The van der Waals surface area contributed by atoms with Crippen molar-refractivity contribution in [2.24, 2.45) is 0 Å². The number of thioether (sulfide) groups is 1. The maximum absolute atomic E-state index is 13.5. The van der Waals surface area contributed by atoms with Crippen LogP contribution in [0.4, 0.5) is 4.39 Å². The molecule has 3 rings (SSSR count). The van der Waals surface area contributed by atoms with Gasteiger partial charge in [-0.25, -0.2) is 4.39 Å². The van der Waals surface area contributed by atoms with E-state index in [2.05, 4.69) is 17.6 Å². The molecule has 1 aromatic carbocycles. The molecule has 0 spiro atoms. The number of piperidine rings is 1. The van der Waals surface area contributed by atoms with Crippen molar-refractivity contribution in [2.75, 3.05) is 12.3 Å². The number of benzene rings is 1. The average Bonchev–Trinajstić information content (AvgIpc) is 2.49. The minimum Gasteiger partial charge on any atom is -0.314 e.